The van der Waals surface area contributed by atoms with Gasteiger partial charge in [0.15, 0.2) is 5.84 Å². The predicted octanol–water partition coefficient (Wildman–Crippen LogP) is 0.649. The summed E-state index contributed by atoms with van der Waals surface area (Å²) in [5, 5.41) is 11.5. The second-order valence-electron chi connectivity index (χ2n) is 3.48. The molecule has 0 aromatic carbocycles. The third kappa shape index (κ3) is 3.92. The molecule has 0 fully saturated rings. The number of likely N-dealkylation sites (N-methyl/N-ethyl adjacent to an activating group) is 1. The summed E-state index contributed by atoms with van der Waals surface area (Å²) in [6.45, 7) is 4.03. The van der Waals surface area contributed by atoms with Crippen molar-refractivity contribution in [3.05, 3.63) is 23.9 Å². The van der Waals surface area contributed by atoms with Crippen LogP contribution in [-0.2, 0) is 4.74 Å². The third-order valence-electron chi connectivity index (χ3n) is 2.27. The molecule has 0 aliphatic rings. The number of anilines is 1. The first kappa shape index (κ1) is 13.2. The number of nitrogens with two attached hydrogens (primary N) is 1. The highest BCUT2D eigenvalue weighted by Gasteiger charge is 2.05. The lowest BCUT2D eigenvalue weighted by Gasteiger charge is -2.18. The van der Waals surface area contributed by atoms with Crippen molar-refractivity contribution >= 4 is 11.7 Å². The number of hydrogen-bond acceptors (Lipinski definition) is 5. The van der Waals surface area contributed by atoms with E-state index >= 15 is 0 Å². The Morgan fingerprint density at radius 1 is 1.59 bits per heavy atom. The van der Waals surface area contributed by atoms with Crippen LogP contribution >= 0.6 is 0 Å². The van der Waals surface area contributed by atoms with Gasteiger partial charge in [-0.2, -0.15) is 0 Å². The molecule has 0 saturated heterocycles. The molecule has 1 aromatic heterocycles. The van der Waals surface area contributed by atoms with Crippen molar-refractivity contribution in [1.29, 1.82) is 0 Å². The number of rotatable bonds is 6. The number of pyridine rings is 1. The molecule has 17 heavy (non-hydrogen) atoms. The van der Waals surface area contributed by atoms with Gasteiger partial charge in [-0.1, -0.05) is 11.2 Å². The highest BCUT2D eigenvalue weighted by molar-refractivity contribution is 5.95. The predicted molar refractivity (Wildman–Crippen MR) is 66.5 cm³/mol. The first-order valence-corrected chi connectivity index (χ1v) is 5.43. The van der Waals surface area contributed by atoms with Crippen molar-refractivity contribution in [2.24, 2.45) is 10.9 Å². The molecule has 0 amide bonds. The van der Waals surface area contributed by atoms with Crippen LogP contribution in [0.3, 0.4) is 0 Å². The maximum Gasteiger partial charge on any atom is 0.188 e. The highest BCUT2D eigenvalue weighted by atomic mass is 16.5. The van der Waals surface area contributed by atoms with Gasteiger partial charge >= 0.3 is 0 Å². The average molecular weight is 238 g/mol. The monoisotopic (exact) mass is 238 g/mol. The van der Waals surface area contributed by atoms with Gasteiger partial charge in [-0.25, -0.2) is 4.98 Å². The van der Waals surface area contributed by atoms with Gasteiger partial charge in [0.25, 0.3) is 0 Å². The van der Waals surface area contributed by atoms with Crippen molar-refractivity contribution < 1.29 is 9.94 Å². The van der Waals surface area contributed by atoms with Crippen LogP contribution in [0, 0.1) is 0 Å². The smallest absolute Gasteiger partial charge is 0.188 e. The molecule has 0 aliphatic heterocycles. The van der Waals surface area contributed by atoms with Crippen molar-refractivity contribution in [3.63, 3.8) is 0 Å². The van der Waals surface area contributed by atoms with Crippen LogP contribution in [0.25, 0.3) is 0 Å². The molecule has 3 N–H and O–H groups in total. The van der Waals surface area contributed by atoms with E-state index in [0.717, 1.165) is 12.4 Å². The third-order valence-corrected chi connectivity index (χ3v) is 2.27. The minimum absolute atomic E-state index is 0.00468. The van der Waals surface area contributed by atoms with E-state index in [1.165, 1.54) is 0 Å². The summed E-state index contributed by atoms with van der Waals surface area (Å²) in [7, 11) is 1.91. The maximum absolute atomic E-state index is 8.58. The zero-order valence-electron chi connectivity index (χ0n) is 10.1. The molecule has 1 heterocycles. The summed E-state index contributed by atoms with van der Waals surface area (Å²) >= 11 is 0. The van der Waals surface area contributed by atoms with Crippen molar-refractivity contribution in [2.75, 3.05) is 31.7 Å². The molecule has 0 bridgehead atoms. The molecule has 6 nitrogen and oxygen atoms in total. The molecule has 0 aliphatic carbocycles. The van der Waals surface area contributed by atoms with E-state index in [9.17, 15) is 0 Å². The van der Waals surface area contributed by atoms with Crippen LogP contribution in [0.4, 0.5) is 5.82 Å². The Bertz CT molecular complexity index is 381. The minimum Gasteiger partial charge on any atom is -0.409 e. The molecule has 0 atom stereocenters. The largest absolute Gasteiger partial charge is 0.409 e. The first-order chi connectivity index (χ1) is 8.19. The number of aromatic nitrogens is 1. The van der Waals surface area contributed by atoms with Gasteiger partial charge in [-0.3, -0.25) is 0 Å². The Labute approximate surface area is 101 Å². The second-order valence-corrected chi connectivity index (χ2v) is 3.48. The molecule has 1 aromatic rings. The number of amidine groups is 1. The van der Waals surface area contributed by atoms with Crippen LogP contribution in [-0.4, -0.2) is 42.8 Å². The highest BCUT2D eigenvalue weighted by Crippen LogP contribution is 2.09. The molecule has 0 radical (unpaired) electrons. The summed E-state index contributed by atoms with van der Waals surface area (Å²) < 4.78 is 5.27. The Hall–Kier alpha value is -1.82. The van der Waals surface area contributed by atoms with Crippen molar-refractivity contribution in [1.82, 2.24) is 4.98 Å². The number of ether oxygens (including phenoxy) is 1. The van der Waals surface area contributed by atoms with Gasteiger partial charge in [0.1, 0.15) is 11.5 Å². The van der Waals surface area contributed by atoms with Crippen LogP contribution in [0.1, 0.15) is 12.6 Å². The Morgan fingerprint density at radius 2 is 2.35 bits per heavy atom. The lowest BCUT2D eigenvalue weighted by molar-refractivity contribution is 0.154. The Kier molecular flexibility index (Phi) is 5.22. The number of oxime groups is 1. The van der Waals surface area contributed by atoms with Crippen LogP contribution in [0.2, 0.25) is 0 Å². The zero-order chi connectivity index (χ0) is 12.7. The lowest BCUT2D eigenvalue weighted by Crippen LogP contribution is -2.25. The lowest BCUT2D eigenvalue weighted by atomic mass is 10.3. The molecular weight excluding hydrogens is 220 g/mol. The summed E-state index contributed by atoms with van der Waals surface area (Å²) in [6, 6.07) is 5.36. The quantitative estimate of drug-likeness (QED) is 0.250. The van der Waals surface area contributed by atoms with E-state index in [1.54, 1.807) is 6.07 Å². The molecule has 1 rings (SSSR count). The van der Waals surface area contributed by atoms with Crippen LogP contribution < -0.4 is 10.6 Å². The SMILES string of the molecule is CCOCCN(C)c1cccc(/C(N)=N/O)n1. The summed E-state index contributed by atoms with van der Waals surface area (Å²) in [5.74, 6) is 0.763. The Morgan fingerprint density at radius 3 is 3.00 bits per heavy atom. The van der Waals surface area contributed by atoms with Gasteiger partial charge in [0, 0.05) is 20.2 Å². The molecule has 0 spiro atoms. The standard InChI is InChI=1S/C11H18N4O2/c1-3-17-8-7-15(2)10-6-4-5-9(13-10)11(12)14-16/h4-6,16H,3,7-8H2,1-2H3,(H2,12,14). The minimum atomic E-state index is 0.00468. The average Bonchev–Trinajstić information content (AvgIpc) is 2.38. The molecular formula is C11H18N4O2. The zero-order valence-corrected chi connectivity index (χ0v) is 10.1. The van der Waals surface area contributed by atoms with Crippen LogP contribution in [0.15, 0.2) is 23.4 Å². The van der Waals surface area contributed by atoms with Gasteiger partial charge in [-0.05, 0) is 19.1 Å². The molecule has 6 heteroatoms. The molecule has 94 valence electrons. The molecule has 0 saturated carbocycles. The summed E-state index contributed by atoms with van der Waals surface area (Å²) in [5.41, 5.74) is 5.93. The van der Waals surface area contributed by atoms with E-state index in [4.69, 9.17) is 15.7 Å². The normalized spacial score (nSPS) is 11.5. The topological polar surface area (TPSA) is 84.0 Å². The summed E-state index contributed by atoms with van der Waals surface area (Å²) in [4.78, 5) is 6.22. The van der Waals surface area contributed by atoms with Gasteiger partial charge in [-0.15, -0.1) is 0 Å². The number of hydrogen-bond donors (Lipinski definition) is 2. The van der Waals surface area contributed by atoms with E-state index < -0.39 is 0 Å². The fourth-order valence-electron chi connectivity index (χ4n) is 1.29. The van der Waals surface area contributed by atoms with Gasteiger partial charge in [0.2, 0.25) is 0 Å². The van der Waals surface area contributed by atoms with Gasteiger partial charge < -0.3 is 20.6 Å². The van der Waals surface area contributed by atoms with Crippen LogP contribution in [0.5, 0.6) is 0 Å². The molecule has 0 unspecified atom stereocenters. The van der Waals surface area contributed by atoms with Gasteiger partial charge in [0.05, 0.1) is 6.61 Å². The fourth-order valence-corrected chi connectivity index (χ4v) is 1.29. The van der Waals surface area contributed by atoms with E-state index in [-0.39, 0.29) is 5.84 Å². The van der Waals surface area contributed by atoms with E-state index in [1.807, 2.05) is 31.0 Å². The number of nitrogens with zero attached hydrogens (tertiary/aromatic N) is 3. The van der Waals surface area contributed by atoms with E-state index in [0.29, 0.717) is 18.9 Å². The Balaban J connectivity index is 2.70. The fraction of sp³-hybridized carbons (Fsp3) is 0.455. The van der Waals surface area contributed by atoms with E-state index in [2.05, 4.69) is 10.1 Å². The first-order valence-electron chi connectivity index (χ1n) is 5.43. The second kappa shape index (κ2) is 6.70. The van der Waals surface area contributed by atoms with Crippen molar-refractivity contribution in [3.8, 4) is 0 Å². The van der Waals surface area contributed by atoms with Crippen molar-refractivity contribution in [2.45, 2.75) is 6.92 Å². The maximum atomic E-state index is 8.58. The summed E-state index contributed by atoms with van der Waals surface area (Å²) in [6.07, 6.45) is 0.